The van der Waals surface area contributed by atoms with Crippen molar-refractivity contribution < 1.29 is 9.59 Å². The first kappa shape index (κ1) is 16.3. The van der Waals surface area contributed by atoms with Crippen molar-refractivity contribution in [3.63, 3.8) is 0 Å². The lowest BCUT2D eigenvalue weighted by molar-refractivity contribution is -0.134. The van der Waals surface area contributed by atoms with E-state index in [4.69, 9.17) is 0 Å². The lowest BCUT2D eigenvalue weighted by atomic mass is 9.54. The van der Waals surface area contributed by atoms with Crippen molar-refractivity contribution >= 4 is 11.8 Å². The summed E-state index contributed by atoms with van der Waals surface area (Å²) < 4.78 is 0. The van der Waals surface area contributed by atoms with Crippen molar-refractivity contribution in [2.45, 2.75) is 50.5 Å². The smallest absolute Gasteiger partial charge is 0.239 e. The summed E-state index contributed by atoms with van der Waals surface area (Å²) in [5.74, 6) is 3.57. The molecule has 1 aromatic rings. The molecular formula is C22H28N2O2. The molecule has 4 heteroatoms. The van der Waals surface area contributed by atoms with E-state index < -0.39 is 0 Å². The summed E-state index contributed by atoms with van der Waals surface area (Å²) in [6.07, 6.45) is 7.16. The van der Waals surface area contributed by atoms with Gasteiger partial charge in [0.25, 0.3) is 0 Å². The minimum atomic E-state index is 0.0459. The average Bonchev–Trinajstić information content (AvgIpc) is 2.99. The largest absolute Gasteiger partial charge is 0.351 e. The molecule has 138 valence electrons. The molecule has 2 amide bonds. The second-order valence-electron chi connectivity index (χ2n) is 9.11. The maximum Gasteiger partial charge on any atom is 0.239 e. The van der Waals surface area contributed by atoms with Gasteiger partial charge in [-0.05, 0) is 61.3 Å². The third kappa shape index (κ3) is 2.93. The number of likely N-dealkylation sites (tertiary alicyclic amines) is 1. The molecular weight excluding hydrogens is 324 g/mol. The van der Waals surface area contributed by atoms with Crippen molar-refractivity contribution in [3.05, 3.63) is 35.9 Å². The molecule has 1 aromatic carbocycles. The van der Waals surface area contributed by atoms with Crippen LogP contribution >= 0.6 is 0 Å². The number of benzene rings is 1. The lowest BCUT2D eigenvalue weighted by Gasteiger charge is -2.54. The number of amides is 2. The predicted octanol–water partition coefficient (Wildman–Crippen LogP) is 2.94. The van der Waals surface area contributed by atoms with Gasteiger partial charge in [-0.2, -0.15) is 0 Å². The Morgan fingerprint density at radius 1 is 1.00 bits per heavy atom. The first-order valence-corrected chi connectivity index (χ1v) is 10.3. The Kier molecular flexibility index (Phi) is 4.02. The molecule has 4 saturated carbocycles. The molecule has 6 rings (SSSR count). The summed E-state index contributed by atoms with van der Waals surface area (Å²) in [5, 5.41) is 3.33. The number of hydrogen-bond acceptors (Lipinski definition) is 2. The first-order valence-electron chi connectivity index (χ1n) is 10.3. The highest BCUT2D eigenvalue weighted by molar-refractivity contribution is 5.86. The van der Waals surface area contributed by atoms with Crippen LogP contribution in [0.3, 0.4) is 0 Å². The summed E-state index contributed by atoms with van der Waals surface area (Å²) in [7, 11) is 0. The molecule has 4 aliphatic carbocycles. The Labute approximate surface area is 155 Å². The molecule has 0 aromatic heterocycles. The highest BCUT2D eigenvalue weighted by atomic mass is 16.2. The van der Waals surface area contributed by atoms with Gasteiger partial charge in [0.2, 0.25) is 11.8 Å². The maximum absolute atomic E-state index is 12.7. The van der Waals surface area contributed by atoms with Gasteiger partial charge in [0.1, 0.15) is 0 Å². The van der Waals surface area contributed by atoms with E-state index in [2.05, 4.69) is 17.4 Å². The van der Waals surface area contributed by atoms with Crippen LogP contribution in [-0.4, -0.2) is 35.8 Å². The Morgan fingerprint density at radius 3 is 2.31 bits per heavy atom. The van der Waals surface area contributed by atoms with Crippen LogP contribution in [-0.2, 0) is 9.59 Å². The second kappa shape index (κ2) is 6.40. The van der Waals surface area contributed by atoms with Gasteiger partial charge in [-0.15, -0.1) is 0 Å². The molecule has 1 atom stereocenters. The Morgan fingerprint density at radius 2 is 1.65 bits per heavy atom. The molecule has 1 saturated heterocycles. The molecule has 0 spiro atoms. The van der Waals surface area contributed by atoms with Crippen LogP contribution in [0.1, 0.15) is 50.0 Å². The zero-order valence-corrected chi connectivity index (χ0v) is 15.3. The number of carbonyl (C=O) groups excluding carboxylic acids is 2. The van der Waals surface area contributed by atoms with E-state index in [0.29, 0.717) is 30.8 Å². The number of rotatable bonds is 4. The number of hydrogen-bond donors (Lipinski definition) is 1. The van der Waals surface area contributed by atoms with E-state index in [-0.39, 0.29) is 24.3 Å². The van der Waals surface area contributed by atoms with E-state index in [0.717, 1.165) is 11.8 Å². The van der Waals surface area contributed by atoms with Crippen molar-refractivity contribution in [2.24, 2.45) is 23.7 Å². The number of nitrogens with zero attached hydrogens (tertiary/aromatic N) is 1. The topological polar surface area (TPSA) is 49.4 Å². The molecule has 5 fully saturated rings. The summed E-state index contributed by atoms with van der Waals surface area (Å²) >= 11 is 0. The van der Waals surface area contributed by atoms with Gasteiger partial charge in [-0.3, -0.25) is 9.59 Å². The molecule has 5 aliphatic rings. The van der Waals surface area contributed by atoms with Crippen LogP contribution in [0.4, 0.5) is 0 Å². The van der Waals surface area contributed by atoms with Crippen LogP contribution < -0.4 is 5.32 Å². The zero-order valence-electron chi connectivity index (χ0n) is 15.3. The highest BCUT2D eigenvalue weighted by Crippen LogP contribution is 2.53. The summed E-state index contributed by atoms with van der Waals surface area (Å²) in [6, 6.07) is 10.5. The van der Waals surface area contributed by atoms with E-state index in [9.17, 15) is 9.59 Å². The fourth-order valence-electron chi connectivity index (χ4n) is 6.44. The molecule has 26 heavy (non-hydrogen) atoms. The van der Waals surface area contributed by atoms with Crippen molar-refractivity contribution in [1.82, 2.24) is 10.2 Å². The number of carbonyl (C=O) groups is 2. The molecule has 4 nitrogen and oxygen atoms in total. The van der Waals surface area contributed by atoms with E-state index in [1.807, 2.05) is 18.2 Å². The lowest BCUT2D eigenvalue weighted by Crippen LogP contribution is -2.57. The SMILES string of the molecule is O=C(CN1CC(c2ccccc2)CC1=O)NC1C2CC3CC(C2)CC1C3. The molecule has 1 heterocycles. The minimum Gasteiger partial charge on any atom is -0.351 e. The van der Waals surface area contributed by atoms with E-state index in [1.165, 1.54) is 37.7 Å². The van der Waals surface area contributed by atoms with Gasteiger partial charge in [0.15, 0.2) is 0 Å². The predicted molar refractivity (Wildman–Crippen MR) is 99.4 cm³/mol. The van der Waals surface area contributed by atoms with Crippen LogP contribution in [0.5, 0.6) is 0 Å². The highest BCUT2D eigenvalue weighted by Gasteiger charge is 2.48. The minimum absolute atomic E-state index is 0.0459. The molecule has 4 bridgehead atoms. The fourth-order valence-corrected chi connectivity index (χ4v) is 6.44. The Bertz CT molecular complexity index is 673. The van der Waals surface area contributed by atoms with Crippen LogP contribution in [0, 0.1) is 23.7 Å². The van der Waals surface area contributed by atoms with Gasteiger partial charge in [-0.25, -0.2) is 0 Å². The van der Waals surface area contributed by atoms with Gasteiger partial charge < -0.3 is 10.2 Å². The third-order valence-corrected chi connectivity index (χ3v) is 7.37. The molecule has 1 aliphatic heterocycles. The van der Waals surface area contributed by atoms with Gasteiger partial charge in [0.05, 0.1) is 6.54 Å². The maximum atomic E-state index is 12.7. The molecule has 1 unspecified atom stereocenters. The fraction of sp³-hybridized carbons (Fsp3) is 0.636. The zero-order chi connectivity index (χ0) is 17.7. The van der Waals surface area contributed by atoms with Crippen LogP contribution in [0.2, 0.25) is 0 Å². The van der Waals surface area contributed by atoms with Crippen molar-refractivity contribution in [1.29, 1.82) is 0 Å². The van der Waals surface area contributed by atoms with E-state index >= 15 is 0 Å². The van der Waals surface area contributed by atoms with Crippen LogP contribution in [0.15, 0.2) is 30.3 Å². The van der Waals surface area contributed by atoms with Gasteiger partial charge in [0, 0.05) is 24.9 Å². The summed E-state index contributed by atoms with van der Waals surface area (Å²) in [6.45, 7) is 0.892. The van der Waals surface area contributed by atoms with E-state index in [1.54, 1.807) is 4.90 Å². The average molecular weight is 352 g/mol. The van der Waals surface area contributed by atoms with Crippen molar-refractivity contribution in [2.75, 3.05) is 13.1 Å². The van der Waals surface area contributed by atoms with Crippen LogP contribution in [0.25, 0.3) is 0 Å². The third-order valence-electron chi connectivity index (χ3n) is 7.37. The van der Waals surface area contributed by atoms with Crippen molar-refractivity contribution in [3.8, 4) is 0 Å². The van der Waals surface area contributed by atoms with Gasteiger partial charge >= 0.3 is 0 Å². The number of nitrogens with one attached hydrogen (secondary N) is 1. The molecule has 0 radical (unpaired) electrons. The Balaban J connectivity index is 1.19. The standard InChI is InChI=1S/C22H28N2O2/c25-20(23-22-17-7-14-6-15(9-17)10-18(22)8-14)13-24-12-19(11-21(24)26)16-4-2-1-3-5-16/h1-5,14-15,17-19,22H,6-13H2,(H,23,25). The first-order chi connectivity index (χ1) is 12.7. The quantitative estimate of drug-likeness (QED) is 0.906. The summed E-state index contributed by atoms with van der Waals surface area (Å²) in [4.78, 5) is 26.8. The second-order valence-corrected chi connectivity index (χ2v) is 9.11. The monoisotopic (exact) mass is 352 g/mol. The molecule has 1 N–H and O–H groups in total. The Hall–Kier alpha value is -1.84. The summed E-state index contributed by atoms with van der Waals surface area (Å²) in [5.41, 5.74) is 1.20. The van der Waals surface area contributed by atoms with Gasteiger partial charge in [-0.1, -0.05) is 30.3 Å². The normalized spacial score (nSPS) is 38.0.